The Hall–Kier alpha value is -4.01. The number of hydrogen-bond acceptors (Lipinski definition) is 4. The summed E-state index contributed by atoms with van der Waals surface area (Å²) in [5.74, 6) is -1.30. The van der Waals surface area contributed by atoms with Gasteiger partial charge in [-0.3, -0.25) is 19.1 Å². The molecule has 9 heteroatoms. The molecule has 3 aromatic rings. The van der Waals surface area contributed by atoms with Crippen LogP contribution in [0.3, 0.4) is 0 Å². The highest BCUT2D eigenvalue weighted by Gasteiger charge is 2.28. The molecular weight excluding hydrogens is 449 g/mol. The molecule has 0 fully saturated rings. The molecule has 0 unspecified atom stereocenters. The predicted octanol–water partition coefficient (Wildman–Crippen LogP) is 3.02. The largest absolute Gasteiger partial charge is 0.348 e. The van der Waals surface area contributed by atoms with Gasteiger partial charge in [0.25, 0.3) is 11.8 Å². The summed E-state index contributed by atoms with van der Waals surface area (Å²) in [6.45, 7) is 3.11. The number of hydrogen-bond donors (Lipinski definition) is 1. The van der Waals surface area contributed by atoms with E-state index in [2.05, 4.69) is 10.4 Å². The van der Waals surface area contributed by atoms with Crippen molar-refractivity contribution in [3.63, 3.8) is 0 Å². The van der Waals surface area contributed by atoms with Crippen LogP contribution in [0.2, 0.25) is 0 Å². The lowest BCUT2D eigenvalue weighted by Crippen LogP contribution is -2.39. The van der Waals surface area contributed by atoms with Crippen LogP contribution in [0.1, 0.15) is 51.5 Å². The van der Waals surface area contributed by atoms with E-state index in [1.54, 1.807) is 21.7 Å². The Kier molecular flexibility index (Phi) is 7.24. The van der Waals surface area contributed by atoms with Crippen LogP contribution in [0.5, 0.6) is 0 Å². The zero-order valence-electron chi connectivity index (χ0n) is 19.8. The first-order chi connectivity index (χ1) is 16.8. The van der Waals surface area contributed by atoms with Crippen LogP contribution in [0.15, 0.2) is 60.7 Å². The fourth-order valence-corrected chi connectivity index (χ4v) is 4.09. The summed E-state index contributed by atoms with van der Waals surface area (Å²) in [6.07, 6.45) is 0.671. The number of rotatable bonds is 7. The number of amides is 3. The normalized spacial score (nSPS) is 14.1. The van der Waals surface area contributed by atoms with Gasteiger partial charge in [-0.15, -0.1) is 0 Å². The molecule has 0 saturated carbocycles. The lowest BCUT2D eigenvalue weighted by molar-refractivity contribution is -0.122. The molecule has 35 heavy (non-hydrogen) atoms. The van der Waals surface area contributed by atoms with E-state index in [1.165, 1.54) is 30.1 Å². The minimum absolute atomic E-state index is 0.114. The maximum Gasteiger partial charge on any atom is 0.274 e. The van der Waals surface area contributed by atoms with Crippen LogP contribution >= 0.6 is 0 Å². The van der Waals surface area contributed by atoms with Gasteiger partial charge in [-0.2, -0.15) is 5.10 Å². The Labute approximate surface area is 203 Å². The molecule has 1 N–H and O–H groups in total. The van der Waals surface area contributed by atoms with Crippen LogP contribution in [0.4, 0.5) is 4.39 Å². The number of halogens is 1. The number of nitrogens with one attached hydrogen (secondary N) is 1. The van der Waals surface area contributed by atoms with E-state index in [9.17, 15) is 18.8 Å². The van der Waals surface area contributed by atoms with Crippen molar-refractivity contribution in [2.24, 2.45) is 0 Å². The number of likely N-dealkylation sites (N-methyl/N-ethyl adjacent to an activating group) is 1. The molecule has 0 spiro atoms. The summed E-state index contributed by atoms with van der Waals surface area (Å²) in [7, 11) is 1.53. The van der Waals surface area contributed by atoms with Gasteiger partial charge < -0.3 is 15.1 Å². The number of carbonyl (C=O) groups is 3. The van der Waals surface area contributed by atoms with Gasteiger partial charge in [0.1, 0.15) is 11.5 Å². The molecule has 4 rings (SSSR count). The van der Waals surface area contributed by atoms with Gasteiger partial charge in [0.2, 0.25) is 5.91 Å². The number of fused-ring (bicyclic) bond motifs is 1. The lowest BCUT2D eigenvalue weighted by Gasteiger charge is -2.20. The fourth-order valence-electron chi connectivity index (χ4n) is 4.09. The second-order valence-electron chi connectivity index (χ2n) is 8.71. The average molecular weight is 478 g/mol. The Morgan fingerprint density at radius 2 is 1.83 bits per heavy atom. The van der Waals surface area contributed by atoms with Gasteiger partial charge in [-0.1, -0.05) is 42.5 Å². The third-order valence-corrected chi connectivity index (χ3v) is 5.99. The molecule has 0 bridgehead atoms. The first-order valence-corrected chi connectivity index (χ1v) is 11.5. The third-order valence-electron chi connectivity index (χ3n) is 5.99. The van der Waals surface area contributed by atoms with Gasteiger partial charge >= 0.3 is 0 Å². The summed E-state index contributed by atoms with van der Waals surface area (Å²) in [5.41, 5.74) is 2.22. The van der Waals surface area contributed by atoms with Crippen molar-refractivity contribution in [3.8, 4) is 0 Å². The number of benzene rings is 2. The van der Waals surface area contributed by atoms with Gasteiger partial charge in [0, 0.05) is 32.7 Å². The van der Waals surface area contributed by atoms with E-state index < -0.39 is 5.91 Å². The SMILES string of the molecule is C[C@@H](NC(=O)CN(C)C(=O)c1cc2n(n1)CCCN(Cc1ccc(F)cc1)C2=O)c1ccccc1. The van der Waals surface area contributed by atoms with Gasteiger partial charge in [-0.25, -0.2) is 4.39 Å². The van der Waals surface area contributed by atoms with Gasteiger partial charge in [0.15, 0.2) is 5.69 Å². The summed E-state index contributed by atoms with van der Waals surface area (Å²) in [4.78, 5) is 41.6. The Bertz CT molecular complexity index is 1210. The van der Waals surface area contributed by atoms with E-state index in [4.69, 9.17) is 0 Å². The van der Waals surface area contributed by atoms with Crippen molar-refractivity contribution < 1.29 is 18.8 Å². The maximum absolute atomic E-state index is 13.2. The average Bonchev–Trinajstić information content (AvgIpc) is 3.22. The molecule has 182 valence electrons. The zero-order chi connectivity index (χ0) is 24.9. The molecule has 1 aromatic heterocycles. The van der Waals surface area contributed by atoms with Crippen molar-refractivity contribution in [3.05, 3.63) is 89.0 Å². The molecule has 2 aromatic carbocycles. The number of carbonyl (C=O) groups excluding carboxylic acids is 3. The van der Waals surface area contributed by atoms with Crippen LogP contribution in [0.25, 0.3) is 0 Å². The molecule has 0 aliphatic carbocycles. The second-order valence-corrected chi connectivity index (χ2v) is 8.71. The highest BCUT2D eigenvalue weighted by molar-refractivity contribution is 5.99. The summed E-state index contributed by atoms with van der Waals surface area (Å²) >= 11 is 0. The van der Waals surface area contributed by atoms with Crippen LogP contribution in [-0.4, -0.2) is 57.4 Å². The topological polar surface area (TPSA) is 87.5 Å². The Balaban J connectivity index is 1.40. The maximum atomic E-state index is 13.2. The molecule has 1 atom stereocenters. The van der Waals surface area contributed by atoms with Gasteiger partial charge in [-0.05, 0) is 36.6 Å². The second kappa shape index (κ2) is 10.5. The van der Waals surface area contributed by atoms with Crippen LogP contribution in [0, 0.1) is 5.82 Å². The quantitative estimate of drug-likeness (QED) is 0.567. The Morgan fingerprint density at radius 3 is 2.54 bits per heavy atom. The molecule has 3 amide bonds. The number of aryl methyl sites for hydroxylation is 1. The standard InChI is InChI=1S/C26H28FN5O3/c1-18(20-7-4-3-5-8-20)28-24(33)17-30(2)25(34)22-15-23-26(35)31(13-6-14-32(23)29-22)16-19-9-11-21(27)12-10-19/h3-5,7-12,15,18H,6,13-14,16-17H2,1-2H3,(H,28,33)/t18-/m1/s1. The van der Waals surface area contributed by atoms with E-state index in [0.29, 0.717) is 31.7 Å². The van der Waals surface area contributed by atoms with E-state index >= 15 is 0 Å². The predicted molar refractivity (Wildman–Crippen MR) is 128 cm³/mol. The van der Waals surface area contributed by atoms with Crippen molar-refractivity contribution in [1.82, 2.24) is 24.9 Å². The monoisotopic (exact) mass is 477 g/mol. The molecular formula is C26H28FN5O3. The summed E-state index contributed by atoms with van der Waals surface area (Å²) < 4.78 is 14.8. The molecule has 2 heterocycles. The molecule has 0 radical (unpaired) electrons. The molecule has 8 nitrogen and oxygen atoms in total. The minimum atomic E-state index is -0.439. The van der Waals surface area contributed by atoms with Crippen molar-refractivity contribution >= 4 is 17.7 Å². The van der Waals surface area contributed by atoms with E-state index in [0.717, 1.165) is 11.1 Å². The van der Waals surface area contributed by atoms with E-state index in [1.807, 2.05) is 37.3 Å². The van der Waals surface area contributed by atoms with Crippen molar-refractivity contribution in [1.29, 1.82) is 0 Å². The smallest absolute Gasteiger partial charge is 0.274 e. The first kappa shape index (κ1) is 24.1. The number of aromatic nitrogens is 2. The lowest BCUT2D eigenvalue weighted by atomic mass is 10.1. The molecule has 1 aliphatic rings. The summed E-state index contributed by atoms with van der Waals surface area (Å²) in [5, 5.41) is 7.24. The van der Waals surface area contributed by atoms with E-state index in [-0.39, 0.29) is 35.9 Å². The zero-order valence-corrected chi connectivity index (χ0v) is 19.8. The minimum Gasteiger partial charge on any atom is -0.348 e. The first-order valence-electron chi connectivity index (χ1n) is 11.5. The number of nitrogens with zero attached hydrogens (tertiary/aromatic N) is 4. The Morgan fingerprint density at radius 1 is 1.11 bits per heavy atom. The molecule has 0 saturated heterocycles. The summed E-state index contributed by atoms with van der Waals surface area (Å²) in [6, 6.07) is 16.9. The van der Waals surface area contributed by atoms with Crippen molar-refractivity contribution in [2.75, 3.05) is 20.1 Å². The molecule has 1 aliphatic heterocycles. The highest BCUT2D eigenvalue weighted by atomic mass is 19.1. The highest BCUT2D eigenvalue weighted by Crippen LogP contribution is 2.18. The van der Waals surface area contributed by atoms with Crippen LogP contribution < -0.4 is 5.32 Å². The fraction of sp³-hybridized carbons (Fsp3) is 0.308. The van der Waals surface area contributed by atoms with Gasteiger partial charge in [0.05, 0.1) is 12.6 Å². The third kappa shape index (κ3) is 5.74. The van der Waals surface area contributed by atoms with Crippen molar-refractivity contribution in [2.45, 2.75) is 32.5 Å². The van der Waals surface area contributed by atoms with Crippen LogP contribution in [-0.2, 0) is 17.9 Å².